The predicted molar refractivity (Wildman–Crippen MR) is 108 cm³/mol. The van der Waals surface area contributed by atoms with Crippen molar-refractivity contribution in [3.05, 3.63) is 53.6 Å². The topological polar surface area (TPSA) is 42.5 Å². The van der Waals surface area contributed by atoms with Gasteiger partial charge in [-0.2, -0.15) is 0 Å². The number of methoxy groups -OCH3 is 2. The summed E-state index contributed by atoms with van der Waals surface area (Å²) in [5.74, 6) is 1.81. The first kappa shape index (κ1) is 19.1. The lowest BCUT2D eigenvalue weighted by Gasteiger charge is -2.26. The minimum absolute atomic E-state index is 0.130. The summed E-state index contributed by atoms with van der Waals surface area (Å²) < 4.78 is 10.6. The van der Waals surface area contributed by atoms with Crippen LogP contribution in [0.3, 0.4) is 0 Å². The third-order valence-electron chi connectivity index (χ3n) is 4.13. The third-order valence-corrected chi connectivity index (χ3v) is 4.35. The first-order valence-corrected chi connectivity index (χ1v) is 8.72. The molecule has 134 valence electrons. The van der Waals surface area contributed by atoms with Crippen LogP contribution >= 0.6 is 12.2 Å². The minimum Gasteiger partial charge on any atom is -0.497 e. The number of thiocarbonyl (C=S) groups is 1. The fraction of sp³-hybridized carbons (Fsp3) is 0.350. The van der Waals surface area contributed by atoms with Crippen LogP contribution in [0.25, 0.3) is 0 Å². The zero-order valence-electron chi connectivity index (χ0n) is 15.4. The molecule has 0 radical (unpaired) electrons. The highest BCUT2D eigenvalue weighted by Gasteiger charge is 2.19. The fourth-order valence-corrected chi connectivity index (χ4v) is 2.98. The summed E-state index contributed by atoms with van der Waals surface area (Å²) in [6.45, 7) is 6.48. The highest BCUT2D eigenvalue weighted by Crippen LogP contribution is 2.30. The molecule has 0 saturated heterocycles. The molecule has 5 heteroatoms. The lowest BCUT2D eigenvalue weighted by atomic mass is 9.93. The van der Waals surface area contributed by atoms with Crippen LogP contribution in [0.2, 0.25) is 0 Å². The van der Waals surface area contributed by atoms with Crippen LogP contribution in [-0.4, -0.2) is 19.3 Å². The largest absolute Gasteiger partial charge is 0.497 e. The number of hydrogen-bond donors (Lipinski definition) is 2. The molecule has 0 fully saturated rings. The van der Waals surface area contributed by atoms with E-state index in [1.54, 1.807) is 14.2 Å². The second-order valence-electron chi connectivity index (χ2n) is 6.24. The molecule has 2 rings (SSSR count). The van der Waals surface area contributed by atoms with Gasteiger partial charge in [-0.25, -0.2) is 0 Å². The van der Waals surface area contributed by atoms with Crippen LogP contribution in [0.1, 0.15) is 31.0 Å². The van der Waals surface area contributed by atoms with Gasteiger partial charge in [0.25, 0.3) is 0 Å². The molecule has 25 heavy (non-hydrogen) atoms. The van der Waals surface area contributed by atoms with Gasteiger partial charge in [-0.05, 0) is 48.3 Å². The highest BCUT2D eigenvalue weighted by molar-refractivity contribution is 7.80. The molecular weight excluding hydrogens is 332 g/mol. The lowest BCUT2D eigenvalue weighted by molar-refractivity contribution is 0.395. The maximum Gasteiger partial charge on any atom is 0.171 e. The van der Waals surface area contributed by atoms with Gasteiger partial charge in [0.1, 0.15) is 11.5 Å². The molecule has 0 aromatic heterocycles. The first-order valence-electron chi connectivity index (χ1n) is 8.31. The Morgan fingerprint density at radius 1 is 1.04 bits per heavy atom. The summed E-state index contributed by atoms with van der Waals surface area (Å²) in [5, 5.41) is 7.22. The van der Waals surface area contributed by atoms with Crippen LogP contribution < -0.4 is 20.1 Å². The molecular formula is C20H26N2O2S. The minimum atomic E-state index is 0.130. The fourth-order valence-electron chi connectivity index (χ4n) is 2.74. The van der Waals surface area contributed by atoms with Crippen molar-refractivity contribution in [2.24, 2.45) is 5.92 Å². The van der Waals surface area contributed by atoms with Crippen LogP contribution in [-0.2, 0) is 0 Å². The van der Waals surface area contributed by atoms with Gasteiger partial charge in [0.15, 0.2) is 5.11 Å². The number of nitrogens with one attached hydrogen (secondary N) is 2. The van der Waals surface area contributed by atoms with Gasteiger partial charge < -0.3 is 20.1 Å². The molecule has 0 amide bonds. The van der Waals surface area contributed by atoms with Crippen molar-refractivity contribution in [2.75, 3.05) is 19.5 Å². The molecule has 0 aliphatic carbocycles. The van der Waals surface area contributed by atoms with Gasteiger partial charge in [0.2, 0.25) is 0 Å². The van der Waals surface area contributed by atoms with Crippen molar-refractivity contribution in [1.29, 1.82) is 0 Å². The van der Waals surface area contributed by atoms with E-state index in [-0.39, 0.29) is 6.04 Å². The molecule has 0 aliphatic heterocycles. The average molecular weight is 359 g/mol. The summed E-state index contributed by atoms with van der Waals surface area (Å²) in [6.07, 6.45) is 0. The van der Waals surface area contributed by atoms with E-state index < -0.39 is 0 Å². The van der Waals surface area contributed by atoms with E-state index in [1.807, 2.05) is 18.2 Å². The smallest absolute Gasteiger partial charge is 0.171 e. The average Bonchev–Trinajstić information content (AvgIpc) is 2.60. The quantitative estimate of drug-likeness (QED) is 0.733. The number of anilines is 1. The molecule has 2 N–H and O–H groups in total. The highest BCUT2D eigenvalue weighted by atomic mass is 32.1. The van der Waals surface area contributed by atoms with Crippen LogP contribution in [0.5, 0.6) is 11.5 Å². The zero-order chi connectivity index (χ0) is 18.4. The maximum atomic E-state index is 5.53. The molecule has 0 saturated carbocycles. The number of aryl methyl sites for hydroxylation is 1. The Kier molecular flexibility index (Phi) is 6.65. The first-order chi connectivity index (χ1) is 12.0. The maximum absolute atomic E-state index is 5.53. The van der Waals surface area contributed by atoms with Crippen molar-refractivity contribution in [3.8, 4) is 11.5 Å². The molecule has 4 nitrogen and oxygen atoms in total. The van der Waals surface area contributed by atoms with E-state index in [1.165, 1.54) is 11.1 Å². The van der Waals surface area contributed by atoms with Crippen molar-refractivity contribution in [3.63, 3.8) is 0 Å². The van der Waals surface area contributed by atoms with Gasteiger partial charge in [-0.3, -0.25) is 0 Å². The molecule has 0 heterocycles. The van der Waals surface area contributed by atoms with Crippen molar-refractivity contribution in [1.82, 2.24) is 5.32 Å². The summed E-state index contributed by atoms with van der Waals surface area (Å²) >= 11 is 5.53. The molecule has 0 unspecified atom stereocenters. The summed E-state index contributed by atoms with van der Waals surface area (Å²) in [7, 11) is 3.25. The van der Waals surface area contributed by atoms with Gasteiger partial charge in [-0.1, -0.05) is 38.1 Å². The molecule has 2 aromatic rings. The standard InChI is InChI=1S/C20H26N2O2S/c1-13(2)19(16-9-7-6-8-14(16)3)22-20(25)21-17-11-10-15(23-4)12-18(17)24-5/h6-13,19H,1-5H3,(H2,21,22,25)/t19-/m1/s1. The van der Waals surface area contributed by atoms with E-state index in [4.69, 9.17) is 21.7 Å². The monoisotopic (exact) mass is 358 g/mol. The molecule has 0 bridgehead atoms. The predicted octanol–water partition coefficient (Wildman–Crippen LogP) is 4.70. The number of hydrogen-bond acceptors (Lipinski definition) is 3. The second kappa shape index (κ2) is 8.72. The van der Waals surface area contributed by atoms with E-state index in [9.17, 15) is 0 Å². The summed E-state index contributed by atoms with van der Waals surface area (Å²) in [4.78, 5) is 0. The third kappa shape index (κ3) is 4.86. The van der Waals surface area contributed by atoms with Gasteiger partial charge in [0.05, 0.1) is 25.9 Å². The Morgan fingerprint density at radius 3 is 2.36 bits per heavy atom. The van der Waals surface area contributed by atoms with E-state index in [0.717, 1.165) is 11.4 Å². The second-order valence-corrected chi connectivity index (χ2v) is 6.65. The van der Waals surface area contributed by atoms with E-state index in [0.29, 0.717) is 16.8 Å². The normalized spacial score (nSPS) is 11.8. The van der Waals surface area contributed by atoms with Crippen molar-refractivity contribution in [2.45, 2.75) is 26.8 Å². The van der Waals surface area contributed by atoms with Gasteiger partial charge in [0, 0.05) is 6.07 Å². The molecule has 2 aromatic carbocycles. The number of benzene rings is 2. The molecule has 0 aliphatic rings. The van der Waals surface area contributed by atoms with Crippen LogP contribution in [0.15, 0.2) is 42.5 Å². The van der Waals surface area contributed by atoms with Crippen LogP contribution in [0, 0.1) is 12.8 Å². The Morgan fingerprint density at radius 2 is 1.76 bits per heavy atom. The Hall–Kier alpha value is -2.27. The summed E-state index contributed by atoms with van der Waals surface area (Å²) in [6, 6.07) is 14.1. The molecule has 0 spiro atoms. The van der Waals surface area contributed by atoms with Gasteiger partial charge in [-0.15, -0.1) is 0 Å². The Balaban J connectivity index is 2.16. The Bertz CT molecular complexity index is 731. The lowest BCUT2D eigenvalue weighted by Crippen LogP contribution is -2.35. The van der Waals surface area contributed by atoms with E-state index in [2.05, 4.69) is 55.7 Å². The summed E-state index contributed by atoms with van der Waals surface area (Å²) in [5.41, 5.74) is 3.30. The van der Waals surface area contributed by atoms with E-state index >= 15 is 0 Å². The Labute approximate surface area is 155 Å². The zero-order valence-corrected chi connectivity index (χ0v) is 16.2. The van der Waals surface area contributed by atoms with Crippen molar-refractivity contribution >= 4 is 23.0 Å². The van der Waals surface area contributed by atoms with Gasteiger partial charge >= 0.3 is 0 Å². The SMILES string of the molecule is COc1ccc(NC(=S)N[C@@H](c2ccccc2C)C(C)C)c(OC)c1. The molecule has 1 atom stereocenters. The van der Waals surface area contributed by atoms with Crippen LogP contribution in [0.4, 0.5) is 5.69 Å². The number of rotatable bonds is 6. The van der Waals surface area contributed by atoms with Crippen molar-refractivity contribution < 1.29 is 9.47 Å². The number of ether oxygens (including phenoxy) is 2.